The first-order chi connectivity index (χ1) is 7.54. The number of nitrogens with one attached hydrogen (secondary N) is 1. The van der Waals surface area contributed by atoms with Crippen LogP contribution < -0.4 is 11.1 Å². The Labute approximate surface area is 102 Å². The van der Waals surface area contributed by atoms with Gasteiger partial charge in [0.2, 0.25) is 5.91 Å². The van der Waals surface area contributed by atoms with Crippen molar-refractivity contribution in [3.8, 4) is 0 Å². The largest absolute Gasteiger partial charge is 0.322 e. The highest BCUT2D eigenvalue weighted by molar-refractivity contribution is 9.10. The molecular formula is C11H14BrFN2O. The number of hydrogen-bond donors (Lipinski definition) is 2. The Morgan fingerprint density at radius 2 is 2.31 bits per heavy atom. The molecule has 88 valence electrons. The first kappa shape index (κ1) is 13.1. The van der Waals surface area contributed by atoms with E-state index in [9.17, 15) is 9.18 Å². The van der Waals surface area contributed by atoms with Crippen molar-refractivity contribution in [2.45, 2.75) is 25.8 Å². The number of halogens is 2. The van der Waals surface area contributed by atoms with Gasteiger partial charge in [0.15, 0.2) is 0 Å². The van der Waals surface area contributed by atoms with Crippen molar-refractivity contribution in [3.05, 3.63) is 28.5 Å². The van der Waals surface area contributed by atoms with Crippen LogP contribution in [0.2, 0.25) is 0 Å². The molecule has 16 heavy (non-hydrogen) atoms. The summed E-state index contributed by atoms with van der Waals surface area (Å²) in [4.78, 5) is 11.5. The molecule has 1 atom stereocenters. The van der Waals surface area contributed by atoms with E-state index in [4.69, 9.17) is 5.73 Å². The Balaban J connectivity index is 2.72. The summed E-state index contributed by atoms with van der Waals surface area (Å²) in [7, 11) is 0. The van der Waals surface area contributed by atoms with E-state index in [0.29, 0.717) is 10.9 Å². The molecule has 0 aliphatic carbocycles. The number of benzene rings is 1. The highest BCUT2D eigenvalue weighted by atomic mass is 79.9. The smallest absolute Gasteiger partial charge is 0.241 e. The molecule has 5 heteroatoms. The van der Waals surface area contributed by atoms with Crippen molar-refractivity contribution < 1.29 is 9.18 Å². The predicted octanol–water partition coefficient (Wildman–Crippen LogP) is 2.65. The van der Waals surface area contributed by atoms with E-state index in [1.54, 1.807) is 6.07 Å². The third kappa shape index (κ3) is 3.57. The van der Waals surface area contributed by atoms with Gasteiger partial charge in [-0.05, 0) is 24.6 Å². The minimum atomic E-state index is -0.594. The molecule has 1 aromatic rings. The van der Waals surface area contributed by atoms with Crippen molar-refractivity contribution in [1.29, 1.82) is 0 Å². The number of hydrogen-bond acceptors (Lipinski definition) is 2. The van der Waals surface area contributed by atoms with Crippen LogP contribution in [0.5, 0.6) is 0 Å². The summed E-state index contributed by atoms with van der Waals surface area (Å²) in [5, 5.41) is 2.47. The highest BCUT2D eigenvalue weighted by Gasteiger charge is 2.14. The minimum Gasteiger partial charge on any atom is -0.322 e. The topological polar surface area (TPSA) is 55.1 Å². The van der Waals surface area contributed by atoms with Crippen LogP contribution in [-0.2, 0) is 4.79 Å². The first-order valence-corrected chi connectivity index (χ1v) is 5.85. The van der Waals surface area contributed by atoms with E-state index in [2.05, 4.69) is 21.2 Å². The SMILES string of the molecule is CCC[C@H](N)C(=O)Nc1cc(Br)ccc1F. The first-order valence-electron chi connectivity index (χ1n) is 5.06. The maximum atomic E-state index is 13.3. The summed E-state index contributed by atoms with van der Waals surface area (Å²) in [5.41, 5.74) is 5.76. The summed E-state index contributed by atoms with van der Waals surface area (Å²) in [5.74, 6) is -0.834. The molecule has 0 unspecified atom stereocenters. The molecule has 0 aliphatic rings. The Morgan fingerprint density at radius 1 is 1.62 bits per heavy atom. The summed E-state index contributed by atoms with van der Waals surface area (Å²) in [6.07, 6.45) is 1.40. The van der Waals surface area contributed by atoms with E-state index < -0.39 is 11.9 Å². The Kier molecular flexibility index (Phi) is 4.89. The van der Waals surface area contributed by atoms with E-state index in [0.717, 1.165) is 6.42 Å². The van der Waals surface area contributed by atoms with Gasteiger partial charge in [0.1, 0.15) is 5.82 Å². The predicted molar refractivity (Wildman–Crippen MR) is 65.6 cm³/mol. The summed E-state index contributed by atoms with van der Waals surface area (Å²) in [6, 6.07) is 3.76. The molecule has 0 saturated heterocycles. The second-order valence-corrected chi connectivity index (χ2v) is 4.42. The molecule has 0 aromatic heterocycles. The molecule has 0 radical (unpaired) electrons. The standard InChI is InChI=1S/C11H14BrFN2O/c1-2-3-9(14)11(16)15-10-6-7(12)4-5-8(10)13/h4-6,9H,2-3,14H2,1H3,(H,15,16)/t9-/m0/s1. The molecular weight excluding hydrogens is 275 g/mol. The summed E-state index contributed by atoms with van der Waals surface area (Å²) in [6.45, 7) is 1.94. The van der Waals surface area contributed by atoms with E-state index in [-0.39, 0.29) is 11.6 Å². The lowest BCUT2D eigenvalue weighted by atomic mass is 10.1. The van der Waals surface area contributed by atoms with Gasteiger partial charge < -0.3 is 11.1 Å². The molecule has 1 aromatic carbocycles. The van der Waals surface area contributed by atoms with Crippen molar-refractivity contribution in [2.24, 2.45) is 5.73 Å². The van der Waals surface area contributed by atoms with Crippen LogP contribution in [0.3, 0.4) is 0 Å². The third-order valence-electron chi connectivity index (χ3n) is 2.12. The quantitative estimate of drug-likeness (QED) is 0.895. The molecule has 0 bridgehead atoms. The van der Waals surface area contributed by atoms with Crippen molar-refractivity contribution >= 4 is 27.5 Å². The molecule has 0 aliphatic heterocycles. The Hall–Kier alpha value is -0.940. The number of carbonyl (C=O) groups is 1. The fraction of sp³-hybridized carbons (Fsp3) is 0.364. The number of anilines is 1. The second-order valence-electron chi connectivity index (χ2n) is 3.51. The minimum absolute atomic E-state index is 0.144. The monoisotopic (exact) mass is 288 g/mol. The van der Waals surface area contributed by atoms with Crippen LogP contribution in [0.25, 0.3) is 0 Å². The average Bonchev–Trinajstić information content (AvgIpc) is 2.23. The van der Waals surface area contributed by atoms with Crippen LogP contribution in [0.15, 0.2) is 22.7 Å². The normalized spacial score (nSPS) is 12.2. The summed E-state index contributed by atoms with van der Waals surface area (Å²) < 4.78 is 14.0. The van der Waals surface area contributed by atoms with Crippen molar-refractivity contribution in [3.63, 3.8) is 0 Å². The maximum absolute atomic E-state index is 13.3. The lowest BCUT2D eigenvalue weighted by molar-refractivity contribution is -0.117. The van der Waals surface area contributed by atoms with Gasteiger partial charge >= 0.3 is 0 Å². The maximum Gasteiger partial charge on any atom is 0.241 e. The Morgan fingerprint density at radius 3 is 2.94 bits per heavy atom. The molecule has 1 rings (SSSR count). The molecule has 1 amide bonds. The molecule has 0 heterocycles. The third-order valence-corrected chi connectivity index (χ3v) is 2.62. The van der Waals surface area contributed by atoms with Crippen LogP contribution in [0, 0.1) is 5.82 Å². The average molecular weight is 289 g/mol. The zero-order chi connectivity index (χ0) is 12.1. The van der Waals surface area contributed by atoms with Crippen LogP contribution >= 0.6 is 15.9 Å². The molecule has 3 N–H and O–H groups in total. The number of rotatable bonds is 4. The van der Waals surface area contributed by atoms with Crippen LogP contribution in [0.4, 0.5) is 10.1 Å². The van der Waals surface area contributed by atoms with Gasteiger partial charge in [-0.25, -0.2) is 4.39 Å². The zero-order valence-corrected chi connectivity index (χ0v) is 10.6. The molecule has 0 fully saturated rings. The second kappa shape index (κ2) is 5.96. The fourth-order valence-corrected chi connectivity index (χ4v) is 1.62. The molecule has 0 saturated carbocycles. The highest BCUT2D eigenvalue weighted by Crippen LogP contribution is 2.20. The number of carbonyl (C=O) groups excluding carboxylic acids is 1. The van der Waals surface area contributed by atoms with Crippen LogP contribution in [-0.4, -0.2) is 11.9 Å². The fourth-order valence-electron chi connectivity index (χ4n) is 1.26. The van der Waals surface area contributed by atoms with Gasteiger partial charge in [0.05, 0.1) is 11.7 Å². The molecule has 3 nitrogen and oxygen atoms in total. The van der Waals surface area contributed by atoms with Gasteiger partial charge in [-0.1, -0.05) is 29.3 Å². The van der Waals surface area contributed by atoms with Gasteiger partial charge in [-0.2, -0.15) is 0 Å². The number of amides is 1. The van der Waals surface area contributed by atoms with E-state index in [1.165, 1.54) is 12.1 Å². The van der Waals surface area contributed by atoms with E-state index >= 15 is 0 Å². The van der Waals surface area contributed by atoms with E-state index in [1.807, 2.05) is 6.92 Å². The summed E-state index contributed by atoms with van der Waals surface area (Å²) >= 11 is 3.20. The van der Waals surface area contributed by atoms with Gasteiger partial charge in [0, 0.05) is 4.47 Å². The number of nitrogens with two attached hydrogens (primary N) is 1. The molecule has 0 spiro atoms. The van der Waals surface area contributed by atoms with Gasteiger partial charge in [-0.3, -0.25) is 4.79 Å². The van der Waals surface area contributed by atoms with Gasteiger partial charge in [-0.15, -0.1) is 0 Å². The zero-order valence-electron chi connectivity index (χ0n) is 8.97. The lowest BCUT2D eigenvalue weighted by Crippen LogP contribution is -2.35. The lowest BCUT2D eigenvalue weighted by Gasteiger charge is -2.11. The van der Waals surface area contributed by atoms with Crippen molar-refractivity contribution in [2.75, 3.05) is 5.32 Å². The van der Waals surface area contributed by atoms with Crippen LogP contribution in [0.1, 0.15) is 19.8 Å². The Bertz CT molecular complexity index is 384. The van der Waals surface area contributed by atoms with Crippen molar-refractivity contribution in [1.82, 2.24) is 0 Å². The van der Waals surface area contributed by atoms with Gasteiger partial charge in [0.25, 0.3) is 0 Å².